The van der Waals surface area contributed by atoms with Gasteiger partial charge in [-0.3, -0.25) is 0 Å². The van der Waals surface area contributed by atoms with Crippen LogP contribution >= 0.6 is 28.3 Å². The molecule has 16 heavy (non-hydrogen) atoms. The summed E-state index contributed by atoms with van der Waals surface area (Å²) in [7, 11) is 1.68. The van der Waals surface area contributed by atoms with Crippen molar-refractivity contribution < 1.29 is 4.74 Å². The summed E-state index contributed by atoms with van der Waals surface area (Å²) in [5, 5.41) is 0. The molecule has 1 unspecified atom stereocenters. The Bertz CT molecular complexity index is 333. The Morgan fingerprint density at radius 2 is 2.06 bits per heavy atom. The first-order valence-corrected chi connectivity index (χ1v) is 5.98. The van der Waals surface area contributed by atoms with E-state index in [-0.39, 0.29) is 18.4 Å². The van der Waals surface area contributed by atoms with Crippen LogP contribution in [0.15, 0.2) is 22.7 Å². The van der Waals surface area contributed by atoms with Crippen molar-refractivity contribution in [3.8, 4) is 5.75 Å². The lowest BCUT2D eigenvalue weighted by Crippen LogP contribution is -2.19. The van der Waals surface area contributed by atoms with Gasteiger partial charge in [-0.1, -0.05) is 42.3 Å². The summed E-state index contributed by atoms with van der Waals surface area (Å²) >= 11 is 3.42. The molecule has 0 saturated carbocycles. The maximum absolute atomic E-state index is 6.18. The maximum Gasteiger partial charge on any atom is 0.124 e. The number of ether oxygens (including phenoxy) is 1. The Labute approximate surface area is 112 Å². The molecule has 0 saturated heterocycles. The van der Waals surface area contributed by atoms with E-state index < -0.39 is 0 Å². The molecule has 0 heterocycles. The number of nitrogens with two attached hydrogens (primary N) is 1. The number of rotatable bonds is 4. The van der Waals surface area contributed by atoms with E-state index in [1.165, 1.54) is 0 Å². The van der Waals surface area contributed by atoms with Crippen molar-refractivity contribution in [3.05, 3.63) is 28.2 Å². The zero-order valence-corrected chi connectivity index (χ0v) is 12.3. The zero-order chi connectivity index (χ0) is 11.4. The first-order chi connectivity index (χ1) is 7.10. The van der Waals surface area contributed by atoms with Gasteiger partial charge in [0.1, 0.15) is 5.75 Å². The van der Waals surface area contributed by atoms with Crippen molar-refractivity contribution in [2.24, 2.45) is 11.7 Å². The van der Waals surface area contributed by atoms with Crippen molar-refractivity contribution in [2.45, 2.75) is 26.3 Å². The predicted octanol–water partition coefficient (Wildman–Crippen LogP) is 3.93. The maximum atomic E-state index is 6.18. The molecule has 1 aromatic rings. The van der Waals surface area contributed by atoms with E-state index in [2.05, 4.69) is 29.8 Å². The topological polar surface area (TPSA) is 35.2 Å². The van der Waals surface area contributed by atoms with Crippen LogP contribution in [0.5, 0.6) is 5.75 Å². The molecule has 1 rings (SSSR count). The Kier molecular flexibility index (Phi) is 7.04. The fraction of sp³-hybridized carbons (Fsp3) is 0.500. The fourth-order valence-electron chi connectivity index (χ4n) is 1.52. The minimum Gasteiger partial charge on any atom is -0.496 e. The summed E-state index contributed by atoms with van der Waals surface area (Å²) in [6, 6.07) is 6.02. The van der Waals surface area contributed by atoms with E-state index >= 15 is 0 Å². The zero-order valence-electron chi connectivity index (χ0n) is 9.87. The summed E-state index contributed by atoms with van der Waals surface area (Å²) in [6.07, 6.45) is 1.07. The highest BCUT2D eigenvalue weighted by molar-refractivity contribution is 9.10. The van der Waals surface area contributed by atoms with Crippen LogP contribution in [0.25, 0.3) is 0 Å². The Morgan fingerprint density at radius 1 is 1.44 bits per heavy atom. The third-order valence-corrected chi connectivity index (χ3v) is 3.30. The molecule has 0 aromatic heterocycles. The highest BCUT2D eigenvalue weighted by atomic mass is 79.9. The van der Waals surface area contributed by atoms with E-state index in [1.807, 2.05) is 18.2 Å². The van der Waals surface area contributed by atoms with E-state index in [4.69, 9.17) is 10.5 Å². The van der Waals surface area contributed by atoms with Gasteiger partial charge in [0.05, 0.1) is 7.11 Å². The van der Waals surface area contributed by atoms with Gasteiger partial charge in [0.25, 0.3) is 0 Å². The largest absolute Gasteiger partial charge is 0.496 e. The van der Waals surface area contributed by atoms with Gasteiger partial charge in [0, 0.05) is 16.1 Å². The van der Waals surface area contributed by atoms with Crippen LogP contribution in [-0.4, -0.2) is 7.11 Å². The Balaban J connectivity index is 0.00000225. The molecular weight excluding hydrogens is 289 g/mol. The summed E-state index contributed by atoms with van der Waals surface area (Å²) in [4.78, 5) is 0. The third-order valence-electron chi connectivity index (χ3n) is 2.81. The SMILES string of the molecule is CCC(C)[C@H](N)c1ccc(Br)cc1OC.Cl. The molecule has 2 N–H and O–H groups in total. The lowest BCUT2D eigenvalue weighted by Gasteiger charge is -2.21. The van der Waals surface area contributed by atoms with Gasteiger partial charge in [-0.15, -0.1) is 12.4 Å². The summed E-state index contributed by atoms with van der Waals surface area (Å²) in [5.41, 5.74) is 7.26. The first kappa shape index (κ1) is 15.8. The van der Waals surface area contributed by atoms with Gasteiger partial charge in [-0.05, 0) is 18.1 Å². The molecule has 1 aromatic carbocycles. The lowest BCUT2D eigenvalue weighted by atomic mass is 9.93. The average Bonchev–Trinajstić information content (AvgIpc) is 2.26. The molecule has 0 aliphatic heterocycles. The number of hydrogen-bond donors (Lipinski definition) is 1. The summed E-state index contributed by atoms with van der Waals surface area (Å²) in [6.45, 7) is 4.31. The van der Waals surface area contributed by atoms with Crippen molar-refractivity contribution in [3.63, 3.8) is 0 Å². The van der Waals surface area contributed by atoms with Crippen LogP contribution in [-0.2, 0) is 0 Å². The molecule has 4 heteroatoms. The molecule has 2 nitrogen and oxygen atoms in total. The molecule has 0 aliphatic carbocycles. The highest BCUT2D eigenvalue weighted by Gasteiger charge is 2.17. The molecule has 92 valence electrons. The molecule has 0 fully saturated rings. The second kappa shape index (κ2) is 7.15. The smallest absolute Gasteiger partial charge is 0.124 e. The second-order valence-corrected chi connectivity index (χ2v) is 4.71. The minimum absolute atomic E-state index is 0. The quantitative estimate of drug-likeness (QED) is 0.915. The molecule has 2 atom stereocenters. The standard InChI is InChI=1S/C12H18BrNO.ClH/c1-4-8(2)12(14)10-6-5-9(13)7-11(10)15-3;/h5-8,12H,4,14H2,1-3H3;1H/t8?,12-;/m0./s1. The van der Waals surface area contributed by atoms with E-state index in [0.717, 1.165) is 22.2 Å². The van der Waals surface area contributed by atoms with E-state index in [1.54, 1.807) is 7.11 Å². The molecular formula is C12H19BrClNO. The van der Waals surface area contributed by atoms with E-state index in [0.29, 0.717) is 5.92 Å². The van der Waals surface area contributed by atoms with Gasteiger partial charge in [-0.25, -0.2) is 0 Å². The average molecular weight is 309 g/mol. The summed E-state index contributed by atoms with van der Waals surface area (Å²) in [5.74, 6) is 1.32. The molecule has 0 bridgehead atoms. The van der Waals surface area contributed by atoms with Crippen LogP contribution in [0, 0.1) is 5.92 Å². The monoisotopic (exact) mass is 307 g/mol. The Morgan fingerprint density at radius 3 is 2.56 bits per heavy atom. The van der Waals surface area contributed by atoms with Crippen LogP contribution < -0.4 is 10.5 Å². The van der Waals surface area contributed by atoms with Gasteiger partial charge in [0.2, 0.25) is 0 Å². The fourth-order valence-corrected chi connectivity index (χ4v) is 1.86. The number of benzene rings is 1. The van der Waals surface area contributed by atoms with Gasteiger partial charge in [0.15, 0.2) is 0 Å². The number of halogens is 2. The second-order valence-electron chi connectivity index (χ2n) is 3.80. The number of hydrogen-bond acceptors (Lipinski definition) is 2. The van der Waals surface area contributed by atoms with Crippen molar-refractivity contribution in [1.29, 1.82) is 0 Å². The van der Waals surface area contributed by atoms with Crippen LogP contribution in [0.3, 0.4) is 0 Å². The van der Waals surface area contributed by atoms with Crippen LogP contribution in [0.2, 0.25) is 0 Å². The van der Waals surface area contributed by atoms with Gasteiger partial charge < -0.3 is 10.5 Å². The third kappa shape index (κ3) is 3.65. The normalized spacial score (nSPS) is 13.8. The number of methoxy groups -OCH3 is 1. The van der Waals surface area contributed by atoms with Crippen LogP contribution in [0.4, 0.5) is 0 Å². The molecule has 0 aliphatic rings. The molecule has 0 radical (unpaired) electrons. The minimum atomic E-state index is 0. The molecule has 0 spiro atoms. The highest BCUT2D eigenvalue weighted by Crippen LogP contribution is 2.31. The predicted molar refractivity (Wildman–Crippen MR) is 74.3 cm³/mol. The van der Waals surface area contributed by atoms with Gasteiger partial charge >= 0.3 is 0 Å². The van der Waals surface area contributed by atoms with Crippen molar-refractivity contribution >= 4 is 28.3 Å². The van der Waals surface area contributed by atoms with Crippen LogP contribution in [0.1, 0.15) is 31.9 Å². The van der Waals surface area contributed by atoms with E-state index in [9.17, 15) is 0 Å². The Hall–Kier alpha value is -0.250. The molecule has 0 amide bonds. The van der Waals surface area contributed by atoms with Gasteiger partial charge in [-0.2, -0.15) is 0 Å². The first-order valence-electron chi connectivity index (χ1n) is 5.19. The summed E-state index contributed by atoms with van der Waals surface area (Å²) < 4.78 is 6.35. The van der Waals surface area contributed by atoms with Crippen molar-refractivity contribution in [1.82, 2.24) is 0 Å². The lowest BCUT2D eigenvalue weighted by molar-refractivity contribution is 0.388. The van der Waals surface area contributed by atoms with Crippen molar-refractivity contribution in [2.75, 3.05) is 7.11 Å².